The van der Waals surface area contributed by atoms with Crippen molar-refractivity contribution in [2.24, 2.45) is 0 Å². The van der Waals surface area contributed by atoms with Gasteiger partial charge in [-0.1, -0.05) is 18.2 Å². The number of hydrogen-bond acceptors (Lipinski definition) is 7. The maximum atomic E-state index is 12.4. The van der Waals surface area contributed by atoms with Gasteiger partial charge in [0.1, 0.15) is 0 Å². The van der Waals surface area contributed by atoms with Crippen molar-refractivity contribution in [1.82, 2.24) is 10.3 Å². The Hall–Kier alpha value is -3.24. The van der Waals surface area contributed by atoms with E-state index in [0.717, 1.165) is 23.2 Å². The second-order valence-electron chi connectivity index (χ2n) is 7.79. The first kappa shape index (κ1) is 24.4. The van der Waals surface area contributed by atoms with Crippen LogP contribution in [0.3, 0.4) is 0 Å². The molecule has 33 heavy (non-hydrogen) atoms. The maximum Gasteiger partial charge on any atom is 0.251 e. The number of sulfone groups is 1. The second-order valence-corrected chi connectivity index (χ2v) is 10.6. The zero-order valence-corrected chi connectivity index (χ0v) is 20.5. The molecule has 0 saturated heterocycles. The summed E-state index contributed by atoms with van der Waals surface area (Å²) >= 11 is 1.33. The first-order valence-electron chi connectivity index (χ1n) is 10.2. The summed E-state index contributed by atoms with van der Waals surface area (Å²) in [6, 6.07) is 12.4. The summed E-state index contributed by atoms with van der Waals surface area (Å²) in [4.78, 5) is 31.2. The number of anilines is 2. The van der Waals surface area contributed by atoms with Crippen LogP contribution in [0.4, 0.5) is 10.8 Å². The van der Waals surface area contributed by atoms with Crippen molar-refractivity contribution in [2.45, 2.75) is 18.2 Å². The van der Waals surface area contributed by atoms with Crippen molar-refractivity contribution in [3.05, 3.63) is 59.0 Å². The number of hydrogen-bond donors (Lipinski definition) is 2. The lowest BCUT2D eigenvalue weighted by Crippen LogP contribution is -2.27. The van der Waals surface area contributed by atoms with Crippen molar-refractivity contribution >= 4 is 43.8 Å². The summed E-state index contributed by atoms with van der Waals surface area (Å²) in [5, 5.41) is 7.75. The molecule has 0 bridgehead atoms. The Balaban J connectivity index is 1.54. The Morgan fingerprint density at radius 3 is 2.58 bits per heavy atom. The Morgan fingerprint density at radius 2 is 1.88 bits per heavy atom. The highest BCUT2D eigenvalue weighted by atomic mass is 32.2. The summed E-state index contributed by atoms with van der Waals surface area (Å²) < 4.78 is 23.7. The van der Waals surface area contributed by atoms with E-state index in [9.17, 15) is 18.0 Å². The van der Waals surface area contributed by atoms with Gasteiger partial charge in [-0.05, 0) is 36.8 Å². The molecule has 3 rings (SSSR count). The van der Waals surface area contributed by atoms with Gasteiger partial charge in [-0.3, -0.25) is 9.59 Å². The number of benzene rings is 2. The number of amides is 2. The van der Waals surface area contributed by atoms with E-state index in [1.807, 2.05) is 48.6 Å². The van der Waals surface area contributed by atoms with Gasteiger partial charge in [0.05, 0.1) is 10.6 Å². The highest BCUT2D eigenvalue weighted by Crippen LogP contribution is 2.27. The van der Waals surface area contributed by atoms with Crippen LogP contribution in [-0.4, -0.2) is 52.1 Å². The van der Waals surface area contributed by atoms with E-state index in [-0.39, 0.29) is 29.3 Å². The van der Waals surface area contributed by atoms with E-state index < -0.39 is 15.7 Å². The van der Waals surface area contributed by atoms with Gasteiger partial charge in [-0.2, -0.15) is 0 Å². The van der Waals surface area contributed by atoms with Crippen LogP contribution >= 0.6 is 11.3 Å². The number of carbonyl (C=O) groups is 2. The van der Waals surface area contributed by atoms with Crippen LogP contribution in [0.2, 0.25) is 0 Å². The molecule has 2 aromatic carbocycles. The van der Waals surface area contributed by atoms with Crippen molar-refractivity contribution in [2.75, 3.05) is 37.1 Å². The average Bonchev–Trinajstić information content (AvgIpc) is 3.21. The highest BCUT2D eigenvalue weighted by molar-refractivity contribution is 7.90. The zero-order chi connectivity index (χ0) is 24.2. The standard InChI is InChI=1S/C23H26N4O4S2/c1-15-8-9-17(13-20(15)33(4,30)31)22(29)24-11-10-21(28)26-23-25-19(14-32-23)16-6-5-7-18(12-16)27(2)3/h5-9,12-14H,10-11H2,1-4H3,(H,24,29)(H,25,26,28). The zero-order valence-electron chi connectivity index (χ0n) is 18.9. The molecule has 0 spiro atoms. The van der Waals surface area contributed by atoms with Crippen molar-refractivity contribution in [3.63, 3.8) is 0 Å². The normalized spacial score (nSPS) is 11.2. The van der Waals surface area contributed by atoms with E-state index in [1.165, 1.54) is 17.4 Å². The van der Waals surface area contributed by atoms with Gasteiger partial charge in [0.15, 0.2) is 15.0 Å². The highest BCUT2D eigenvalue weighted by Gasteiger charge is 2.15. The third-order valence-corrected chi connectivity index (χ3v) is 6.89. The fourth-order valence-electron chi connectivity index (χ4n) is 3.12. The summed E-state index contributed by atoms with van der Waals surface area (Å²) in [5.41, 5.74) is 3.58. The number of nitrogens with zero attached hydrogens (tertiary/aromatic N) is 2. The molecule has 0 fully saturated rings. The molecule has 2 amide bonds. The van der Waals surface area contributed by atoms with Crippen LogP contribution < -0.4 is 15.5 Å². The molecule has 0 radical (unpaired) electrons. The van der Waals surface area contributed by atoms with Gasteiger partial charge < -0.3 is 15.5 Å². The molecule has 1 aromatic heterocycles. The molecule has 0 aliphatic heterocycles. The third kappa shape index (κ3) is 6.39. The molecule has 8 nitrogen and oxygen atoms in total. The van der Waals surface area contributed by atoms with E-state index in [2.05, 4.69) is 15.6 Å². The van der Waals surface area contributed by atoms with Crippen LogP contribution in [0.5, 0.6) is 0 Å². The van der Waals surface area contributed by atoms with Crippen molar-refractivity contribution < 1.29 is 18.0 Å². The van der Waals surface area contributed by atoms with Gasteiger partial charge in [0.2, 0.25) is 5.91 Å². The SMILES string of the molecule is Cc1ccc(C(=O)NCCC(=O)Nc2nc(-c3cccc(N(C)C)c3)cs2)cc1S(C)(=O)=O. The Morgan fingerprint density at radius 1 is 1.12 bits per heavy atom. The van der Waals surface area contributed by atoms with Gasteiger partial charge in [-0.25, -0.2) is 13.4 Å². The monoisotopic (exact) mass is 486 g/mol. The van der Waals surface area contributed by atoms with Gasteiger partial charge >= 0.3 is 0 Å². The first-order valence-corrected chi connectivity index (χ1v) is 12.9. The quantitative estimate of drug-likeness (QED) is 0.506. The molecule has 0 saturated carbocycles. The minimum Gasteiger partial charge on any atom is -0.378 e. The predicted octanol–water partition coefficient (Wildman–Crippen LogP) is 3.35. The van der Waals surface area contributed by atoms with E-state index in [4.69, 9.17) is 0 Å². The van der Waals surface area contributed by atoms with Crippen molar-refractivity contribution in [1.29, 1.82) is 0 Å². The van der Waals surface area contributed by atoms with E-state index >= 15 is 0 Å². The fraction of sp³-hybridized carbons (Fsp3) is 0.261. The number of carbonyl (C=O) groups excluding carboxylic acids is 2. The number of thiazole rings is 1. The third-order valence-electron chi connectivity index (χ3n) is 4.90. The largest absolute Gasteiger partial charge is 0.378 e. The number of aromatic nitrogens is 1. The summed E-state index contributed by atoms with van der Waals surface area (Å²) in [7, 11) is 0.497. The van der Waals surface area contributed by atoms with Crippen LogP contribution in [0, 0.1) is 6.92 Å². The van der Waals surface area contributed by atoms with Crippen LogP contribution in [0.15, 0.2) is 52.7 Å². The van der Waals surface area contributed by atoms with E-state index in [0.29, 0.717) is 10.7 Å². The average molecular weight is 487 g/mol. The first-order chi connectivity index (χ1) is 15.5. The molecule has 10 heteroatoms. The summed E-state index contributed by atoms with van der Waals surface area (Å²) in [6.07, 6.45) is 1.16. The van der Waals surface area contributed by atoms with Crippen LogP contribution in [-0.2, 0) is 14.6 Å². The molecule has 2 N–H and O–H groups in total. The molecule has 0 atom stereocenters. The predicted molar refractivity (Wildman–Crippen MR) is 132 cm³/mol. The molecular weight excluding hydrogens is 460 g/mol. The smallest absolute Gasteiger partial charge is 0.251 e. The molecule has 0 unspecified atom stereocenters. The van der Waals surface area contributed by atoms with Crippen LogP contribution in [0.25, 0.3) is 11.3 Å². The minimum absolute atomic E-state index is 0.0571. The summed E-state index contributed by atoms with van der Waals surface area (Å²) in [6.45, 7) is 1.78. The molecular formula is C23H26N4O4S2. The minimum atomic E-state index is -3.44. The number of rotatable bonds is 8. The van der Waals surface area contributed by atoms with Crippen LogP contribution in [0.1, 0.15) is 22.3 Å². The topological polar surface area (TPSA) is 108 Å². The number of nitrogens with one attached hydrogen (secondary N) is 2. The van der Waals surface area contributed by atoms with Crippen molar-refractivity contribution in [3.8, 4) is 11.3 Å². The molecule has 3 aromatic rings. The lowest BCUT2D eigenvalue weighted by Gasteiger charge is -2.12. The van der Waals surface area contributed by atoms with Gasteiger partial charge in [0.25, 0.3) is 5.91 Å². The van der Waals surface area contributed by atoms with Gasteiger partial charge in [0, 0.05) is 55.5 Å². The second kappa shape index (κ2) is 10.1. The Bertz CT molecular complexity index is 1280. The molecule has 0 aliphatic rings. The van der Waals surface area contributed by atoms with Gasteiger partial charge in [-0.15, -0.1) is 11.3 Å². The lowest BCUT2D eigenvalue weighted by molar-refractivity contribution is -0.116. The molecule has 1 heterocycles. The lowest BCUT2D eigenvalue weighted by atomic mass is 10.1. The van der Waals surface area contributed by atoms with E-state index in [1.54, 1.807) is 19.1 Å². The Labute approximate surface area is 197 Å². The summed E-state index contributed by atoms with van der Waals surface area (Å²) in [5.74, 6) is -0.719. The number of aryl methyl sites for hydroxylation is 1. The molecule has 174 valence electrons. The Kier molecular flexibility index (Phi) is 7.50. The fourth-order valence-corrected chi connectivity index (χ4v) is 4.85. The maximum absolute atomic E-state index is 12.4. The molecule has 0 aliphatic carbocycles.